The second-order valence-electron chi connectivity index (χ2n) is 6.91. The molecule has 27 heavy (non-hydrogen) atoms. The third-order valence-electron chi connectivity index (χ3n) is 4.82. The highest BCUT2D eigenvalue weighted by atomic mass is 16.5. The Kier molecular flexibility index (Phi) is 6.24. The first kappa shape index (κ1) is 19.1. The second-order valence-corrected chi connectivity index (χ2v) is 6.91. The minimum absolute atomic E-state index is 0.0143. The average molecular weight is 371 g/mol. The van der Waals surface area contributed by atoms with Crippen molar-refractivity contribution < 1.29 is 9.53 Å². The number of hydrogen-bond donors (Lipinski definition) is 1. The molecule has 1 aromatic heterocycles. The Morgan fingerprint density at radius 2 is 2.04 bits per heavy atom. The first-order valence-electron chi connectivity index (χ1n) is 9.26. The summed E-state index contributed by atoms with van der Waals surface area (Å²) in [5, 5.41) is 0. The molecule has 1 aliphatic heterocycles. The number of aromatic nitrogens is 2. The zero-order valence-corrected chi connectivity index (χ0v) is 15.5. The molecule has 1 aliphatic rings. The molecule has 0 bridgehead atoms. The number of rotatable bonds is 6. The Morgan fingerprint density at radius 1 is 1.26 bits per heavy atom. The van der Waals surface area contributed by atoms with Crippen molar-refractivity contribution in [3.05, 3.63) is 68.5 Å². The molecule has 1 unspecified atom stereocenters. The minimum Gasteiger partial charge on any atom is -0.375 e. The van der Waals surface area contributed by atoms with Crippen molar-refractivity contribution in [1.82, 2.24) is 14.5 Å². The van der Waals surface area contributed by atoms with Gasteiger partial charge in [-0.25, -0.2) is 4.79 Å². The van der Waals surface area contributed by atoms with Crippen LogP contribution in [-0.4, -0.2) is 46.2 Å². The van der Waals surface area contributed by atoms with Crippen LogP contribution in [0.2, 0.25) is 0 Å². The maximum Gasteiger partial charge on any atom is 0.328 e. The highest BCUT2D eigenvalue weighted by molar-refractivity contribution is 5.76. The number of H-pyrrole nitrogens is 1. The number of nitrogens with zero attached hydrogens (tertiary/aromatic N) is 2. The smallest absolute Gasteiger partial charge is 0.328 e. The topological polar surface area (TPSA) is 84.4 Å². The fourth-order valence-corrected chi connectivity index (χ4v) is 3.28. The Balaban J connectivity index is 1.53. The van der Waals surface area contributed by atoms with Crippen LogP contribution < -0.4 is 11.2 Å². The molecule has 2 aromatic rings. The van der Waals surface area contributed by atoms with E-state index in [1.54, 1.807) is 11.8 Å². The predicted octanol–water partition coefficient (Wildman–Crippen LogP) is 1.10. The van der Waals surface area contributed by atoms with Crippen LogP contribution in [-0.2, 0) is 22.5 Å². The quantitative estimate of drug-likeness (QED) is 0.824. The van der Waals surface area contributed by atoms with E-state index in [2.05, 4.69) is 17.1 Å². The van der Waals surface area contributed by atoms with E-state index in [9.17, 15) is 14.4 Å². The Labute approximate surface area is 157 Å². The van der Waals surface area contributed by atoms with Gasteiger partial charge >= 0.3 is 5.69 Å². The summed E-state index contributed by atoms with van der Waals surface area (Å²) in [5.41, 5.74) is 0.720. The van der Waals surface area contributed by atoms with Gasteiger partial charge in [-0.1, -0.05) is 30.3 Å². The summed E-state index contributed by atoms with van der Waals surface area (Å²) in [6.07, 6.45) is 4.31. The summed E-state index contributed by atoms with van der Waals surface area (Å²) in [6, 6.07) is 10.3. The van der Waals surface area contributed by atoms with Gasteiger partial charge in [-0.05, 0) is 31.7 Å². The average Bonchev–Trinajstić information content (AvgIpc) is 2.67. The maximum absolute atomic E-state index is 12.6. The monoisotopic (exact) mass is 371 g/mol. The SMILES string of the molecule is Cc1cn(CC(=O)N2CCOC(CCCc3ccccc3)C2)c(=O)[nH]c1=O. The summed E-state index contributed by atoms with van der Waals surface area (Å²) >= 11 is 0. The van der Waals surface area contributed by atoms with Gasteiger partial charge in [-0.2, -0.15) is 0 Å². The van der Waals surface area contributed by atoms with Crippen LogP contribution in [0.25, 0.3) is 0 Å². The van der Waals surface area contributed by atoms with E-state index in [1.807, 2.05) is 18.2 Å². The lowest BCUT2D eigenvalue weighted by Gasteiger charge is -2.33. The van der Waals surface area contributed by atoms with Crippen LogP contribution in [0.15, 0.2) is 46.1 Å². The number of morpholine rings is 1. The standard InChI is InChI=1S/C20H25N3O4/c1-15-12-23(20(26)21-19(15)25)14-18(24)22-10-11-27-17(13-22)9-5-8-16-6-3-2-4-7-16/h2-4,6-7,12,17H,5,8-11,13-14H2,1H3,(H,21,25,26). The normalized spacial score (nSPS) is 17.1. The van der Waals surface area contributed by atoms with Crippen molar-refractivity contribution in [2.45, 2.75) is 38.8 Å². The zero-order valence-electron chi connectivity index (χ0n) is 15.5. The molecule has 3 rings (SSSR count). The fraction of sp³-hybridized carbons (Fsp3) is 0.450. The Bertz CT molecular complexity index is 888. The van der Waals surface area contributed by atoms with Crippen molar-refractivity contribution in [2.24, 2.45) is 0 Å². The number of aryl methyl sites for hydroxylation is 2. The number of carbonyl (C=O) groups excluding carboxylic acids is 1. The third-order valence-corrected chi connectivity index (χ3v) is 4.82. The summed E-state index contributed by atoms with van der Waals surface area (Å²) in [4.78, 5) is 39.8. The van der Waals surface area contributed by atoms with Crippen LogP contribution in [0.5, 0.6) is 0 Å². The lowest BCUT2D eigenvalue weighted by molar-refractivity contribution is -0.139. The van der Waals surface area contributed by atoms with Gasteiger partial charge < -0.3 is 9.64 Å². The van der Waals surface area contributed by atoms with Gasteiger partial charge in [-0.3, -0.25) is 19.1 Å². The molecular formula is C20H25N3O4. The van der Waals surface area contributed by atoms with Crippen LogP contribution in [0.1, 0.15) is 24.0 Å². The van der Waals surface area contributed by atoms with E-state index in [-0.39, 0.29) is 18.6 Å². The molecule has 1 aromatic carbocycles. The van der Waals surface area contributed by atoms with Gasteiger partial charge in [0.05, 0.1) is 12.7 Å². The van der Waals surface area contributed by atoms with Gasteiger partial charge in [0.25, 0.3) is 5.56 Å². The van der Waals surface area contributed by atoms with Gasteiger partial charge in [0, 0.05) is 24.8 Å². The summed E-state index contributed by atoms with van der Waals surface area (Å²) in [6.45, 7) is 3.08. The number of hydrogen-bond acceptors (Lipinski definition) is 4. The molecular weight excluding hydrogens is 346 g/mol. The predicted molar refractivity (Wildman–Crippen MR) is 102 cm³/mol. The summed E-state index contributed by atoms with van der Waals surface area (Å²) in [5.74, 6) is -0.139. The van der Waals surface area contributed by atoms with Crippen molar-refractivity contribution in [3.8, 4) is 0 Å². The van der Waals surface area contributed by atoms with Crippen molar-refractivity contribution >= 4 is 5.91 Å². The maximum atomic E-state index is 12.6. The van der Waals surface area contributed by atoms with E-state index in [0.717, 1.165) is 19.3 Å². The van der Waals surface area contributed by atoms with E-state index < -0.39 is 11.2 Å². The molecule has 1 N–H and O–H groups in total. The molecule has 1 fully saturated rings. The van der Waals surface area contributed by atoms with Crippen LogP contribution in [0.4, 0.5) is 0 Å². The molecule has 0 spiro atoms. The first-order valence-corrected chi connectivity index (χ1v) is 9.26. The molecule has 1 amide bonds. The number of nitrogens with one attached hydrogen (secondary N) is 1. The number of benzene rings is 1. The number of carbonyl (C=O) groups is 1. The van der Waals surface area contributed by atoms with Crippen LogP contribution >= 0.6 is 0 Å². The lowest BCUT2D eigenvalue weighted by Crippen LogP contribution is -2.47. The summed E-state index contributed by atoms with van der Waals surface area (Å²) in [7, 11) is 0. The number of amides is 1. The van der Waals surface area contributed by atoms with Crippen molar-refractivity contribution in [3.63, 3.8) is 0 Å². The van der Waals surface area contributed by atoms with E-state index in [4.69, 9.17) is 4.74 Å². The van der Waals surface area contributed by atoms with E-state index >= 15 is 0 Å². The van der Waals surface area contributed by atoms with Gasteiger partial charge in [-0.15, -0.1) is 0 Å². The zero-order chi connectivity index (χ0) is 19.2. The fourth-order valence-electron chi connectivity index (χ4n) is 3.28. The molecule has 7 nitrogen and oxygen atoms in total. The van der Waals surface area contributed by atoms with E-state index in [1.165, 1.54) is 16.3 Å². The highest BCUT2D eigenvalue weighted by Crippen LogP contribution is 2.13. The number of aromatic amines is 1. The molecule has 1 atom stereocenters. The van der Waals surface area contributed by atoms with Gasteiger partial charge in [0.1, 0.15) is 6.54 Å². The highest BCUT2D eigenvalue weighted by Gasteiger charge is 2.24. The number of ether oxygens (including phenoxy) is 1. The third kappa shape index (κ3) is 5.17. The molecule has 1 saturated heterocycles. The van der Waals surface area contributed by atoms with Crippen LogP contribution in [0, 0.1) is 6.92 Å². The lowest BCUT2D eigenvalue weighted by atomic mass is 10.1. The summed E-state index contributed by atoms with van der Waals surface area (Å²) < 4.78 is 7.04. The molecule has 144 valence electrons. The second kappa shape index (κ2) is 8.81. The first-order chi connectivity index (χ1) is 13.0. The van der Waals surface area contributed by atoms with Crippen LogP contribution in [0.3, 0.4) is 0 Å². The minimum atomic E-state index is -0.563. The van der Waals surface area contributed by atoms with E-state index in [0.29, 0.717) is 25.3 Å². The molecule has 0 saturated carbocycles. The van der Waals surface area contributed by atoms with Crippen molar-refractivity contribution in [2.75, 3.05) is 19.7 Å². The molecule has 0 aliphatic carbocycles. The van der Waals surface area contributed by atoms with Crippen molar-refractivity contribution in [1.29, 1.82) is 0 Å². The van der Waals surface area contributed by atoms with Gasteiger partial charge in [0.15, 0.2) is 0 Å². The Morgan fingerprint density at radius 3 is 2.81 bits per heavy atom. The molecule has 0 radical (unpaired) electrons. The van der Waals surface area contributed by atoms with Gasteiger partial charge in [0.2, 0.25) is 5.91 Å². The molecule has 7 heteroatoms. The largest absolute Gasteiger partial charge is 0.375 e. The Hall–Kier alpha value is -2.67. The molecule has 2 heterocycles.